The van der Waals surface area contributed by atoms with E-state index in [1.807, 2.05) is 0 Å². The van der Waals surface area contributed by atoms with Gasteiger partial charge in [-0.15, -0.1) is 0 Å². The van der Waals surface area contributed by atoms with Gasteiger partial charge in [-0.25, -0.2) is 8.78 Å². The average molecular weight is 297 g/mol. The molecule has 0 radical (unpaired) electrons. The second kappa shape index (κ2) is 6.20. The Hall–Kier alpha value is -1.98. The standard InChI is InChI=1S/C15H17F2NO3/c1-9-6-11(13(17)7-12(9)16)15(21)18-5-4-10(8-18)2-3-14(19)20/h6-7,10H,2-5,8H2,1H3,(H,19,20). The molecule has 0 aromatic heterocycles. The molecule has 0 aliphatic carbocycles. The van der Waals surface area contributed by atoms with Crippen LogP contribution in [0.5, 0.6) is 0 Å². The lowest BCUT2D eigenvalue weighted by molar-refractivity contribution is -0.137. The van der Waals surface area contributed by atoms with Crippen LogP contribution >= 0.6 is 0 Å². The van der Waals surface area contributed by atoms with E-state index in [0.29, 0.717) is 25.9 Å². The first-order valence-corrected chi connectivity index (χ1v) is 6.85. The van der Waals surface area contributed by atoms with Crippen molar-refractivity contribution >= 4 is 11.9 Å². The zero-order valence-corrected chi connectivity index (χ0v) is 11.7. The SMILES string of the molecule is Cc1cc(C(=O)N2CCC(CCC(=O)O)C2)c(F)cc1F. The van der Waals surface area contributed by atoms with Gasteiger partial charge in [0.2, 0.25) is 0 Å². The molecule has 1 aliphatic rings. The van der Waals surface area contributed by atoms with E-state index >= 15 is 0 Å². The molecule has 0 bridgehead atoms. The third kappa shape index (κ3) is 3.56. The number of carboxylic acid groups (broad SMARTS) is 1. The van der Waals surface area contributed by atoms with Crippen LogP contribution in [0.25, 0.3) is 0 Å². The van der Waals surface area contributed by atoms with Crippen LogP contribution in [0.2, 0.25) is 0 Å². The van der Waals surface area contributed by atoms with Crippen LogP contribution in [0.4, 0.5) is 8.78 Å². The minimum Gasteiger partial charge on any atom is -0.481 e. The number of aliphatic carboxylic acids is 1. The summed E-state index contributed by atoms with van der Waals surface area (Å²) < 4.78 is 26.9. The van der Waals surface area contributed by atoms with E-state index in [4.69, 9.17) is 5.11 Å². The number of amides is 1. The third-order valence-corrected chi connectivity index (χ3v) is 3.82. The van der Waals surface area contributed by atoms with Gasteiger partial charge in [-0.2, -0.15) is 0 Å². The van der Waals surface area contributed by atoms with Crippen molar-refractivity contribution in [3.05, 3.63) is 34.9 Å². The summed E-state index contributed by atoms with van der Waals surface area (Å²) in [5, 5.41) is 8.65. The highest BCUT2D eigenvalue weighted by atomic mass is 19.1. The van der Waals surface area contributed by atoms with E-state index in [-0.39, 0.29) is 23.5 Å². The molecule has 4 nitrogen and oxygen atoms in total. The summed E-state index contributed by atoms with van der Waals surface area (Å²) >= 11 is 0. The molecule has 1 heterocycles. The number of carbonyl (C=O) groups is 2. The molecule has 1 aromatic rings. The normalized spacial score (nSPS) is 18.0. The molecule has 0 saturated carbocycles. The van der Waals surface area contributed by atoms with E-state index in [1.165, 1.54) is 17.9 Å². The lowest BCUT2D eigenvalue weighted by atomic mass is 10.0. The average Bonchev–Trinajstić information content (AvgIpc) is 2.88. The maximum absolute atomic E-state index is 13.7. The molecule has 1 unspecified atom stereocenters. The number of hydrogen-bond acceptors (Lipinski definition) is 2. The molecule has 2 rings (SSSR count). The fourth-order valence-corrected chi connectivity index (χ4v) is 2.57. The second-order valence-corrected chi connectivity index (χ2v) is 5.42. The molecule has 114 valence electrons. The van der Waals surface area contributed by atoms with Crippen molar-refractivity contribution in [1.29, 1.82) is 0 Å². The van der Waals surface area contributed by atoms with E-state index in [9.17, 15) is 18.4 Å². The highest BCUT2D eigenvalue weighted by Gasteiger charge is 2.28. The predicted molar refractivity (Wildman–Crippen MR) is 72.0 cm³/mol. The number of halogens is 2. The first-order valence-electron chi connectivity index (χ1n) is 6.85. The maximum Gasteiger partial charge on any atom is 0.303 e. The summed E-state index contributed by atoms with van der Waals surface area (Å²) in [6, 6.07) is 1.94. The predicted octanol–water partition coefficient (Wildman–Crippen LogP) is 2.60. The number of hydrogen-bond donors (Lipinski definition) is 1. The molecule has 1 atom stereocenters. The molecule has 1 fully saturated rings. The Labute approximate surface area is 121 Å². The molecular weight excluding hydrogens is 280 g/mol. The summed E-state index contributed by atoms with van der Waals surface area (Å²) in [5.74, 6) is -2.75. The molecule has 0 spiro atoms. The van der Waals surface area contributed by atoms with Gasteiger partial charge < -0.3 is 10.0 Å². The number of carbonyl (C=O) groups excluding carboxylic acids is 1. The maximum atomic E-state index is 13.7. The number of benzene rings is 1. The highest BCUT2D eigenvalue weighted by molar-refractivity contribution is 5.94. The lowest BCUT2D eigenvalue weighted by Gasteiger charge is -2.17. The lowest BCUT2D eigenvalue weighted by Crippen LogP contribution is -2.29. The Morgan fingerprint density at radius 2 is 2.05 bits per heavy atom. The number of aryl methyl sites for hydroxylation is 1. The smallest absolute Gasteiger partial charge is 0.303 e. The Morgan fingerprint density at radius 1 is 1.33 bits per heavy atom. The van der Waals surface area contributed by atoms with Gasteiger partial charge in [-0.1, -0.05) is 0 Å². The third-order valence-electron chi connectivity index (χ3n) is 3.82. The Bertz CT molecular complexity index is 574. The quantitative estimate of drug-likeness (QED) is 0.929. The second-order valence-electron chi connectivity index (χ2n) is 5.42. The van der Waals surface area contributed by atoms with Crippen LogP contribution in [0.15, 0.2) is 12.1 Å². The number of rotatable bonds is 4. The van der Waals surface area contributed by atoms with Crippen molar-refractivity contribution in [3.63, 3.8) is 0 Å². The van der Waals surface area contributed by atoms with Crippen molar-refractivity contribution in [2.75, 3.05) is 13.1 Å². The van der Waals surface area contributed by atoms with E-state index in [1.54, 1.807) is 0 Å². The molecule has 21 heavy (non-hydrogen) atoms. The van der Waals surface area contributed by atoms with Gasteiger partial charge in [0.05, 0.1) is 5.56 Å². The van der Waals surface area contributed by atoms with Crippen molar-refractivity contribution in [1.82, 2.24) is 4.90 Å². The van der Waals surface area contributed by atoms with Crippen LogP contribution in [-0.4, -0.2) is 35.0 Å². The van der Waals surface area contributed by atoms with Gasteiger partial charge in [-0.05, 0) is 37.3 Å². The molecule has 1 saturated heterocycles. The molecule has 1 aliphatic heterocycles. The molecule has 1 amide bonds. The molecule has 1 aromatic carbocycles. The Morgan fingerprint density at radius 3 is 2.71 bits per heavy atom. The van der Waals surface area contributed by atoms with Crippen molar-refractivity contribution in [3.8, 4) is 0 Å². The van der Waals surface area contributed by atoms with Crippen LogP contribution < -0.4 is 0 Å². The minimum absolute atomic E-state index is 0.0662. The molecule has 1 N–H and O–H groups in total. The van der Waals surface area contributed by atoms with E-state index in [2.05, 4.69) is 0 Å². The van der Waals surface area contributed by atoms with Crippen LogP contribution in [0.3, 0.4) is 0 Å². The zero-order chi connectivity index (χ0) is 15.6. The summed E-state index contributed by atoms with van der Waals surface area (Å²) in [5.41, 5.74) is 0.0918. The first kappa shape index (κ1) is 15.4. The van der Waals surface area contributed by atoms with Gasteiger partial charge in [0.25, 0.3) is 5.91 Å². The largest absolute Gasteiger partial charge is 0.481 e. The number of nitrogens with zero attached hydrogens (tertiary/aromatic N) is 1. The van der Waals surface area contributed by atoms with Gasteiger partial charge in [0.1, 0.15) is 11.6 Å². The number of carboxylic acids is 1. The van der Waals surface area contributed by atoms with Crippen LogP contribution in [-0.2, 0) is 4.79 Å². The number of likely N-dealkylation sites (tertiary alicyclic amines) is 1. The monoisotopic (exact) mass is 297 g/mol. The molecule has 6 heteroatoms. The summed E-state index contributed by atoms with van der Waals surface area (Å²) in [6.07, 6.45) is 1.28. The summed E-state index contributed by atoms with van der Waals surface area (Å²) in [6.45, 7) is 2.37. The Balaban J connectivity index is 2.05. The van der Waals surface area contributed by atoms with Crippen molar-refractivity contribution < 1.29 is 23.5 Å². The van der Waals surface area contributed by atoms with Gasteiger partial charge >= 0.3 is 5.97 Å². The fraction of sp³-hybridized carbons (Fsp3) is 0.467. The topological polar surface area (TPSA) is 57.6 Å². The minimum atomic E-state index is -0.864. The van der Waals surface area contributed by atoms with Gasteiger partial charge in [0, 0.05) is 25.6 Å². The fourth-order valence-electron chi connectivity index (χ4n) is 2.57. The highest BCUT2D eigenvalue weighted by Crippen LogP contribution is 2.24. The van der Waals surface area contributed by atoms with Crippen molar-refractivity contribution in [2.24, 2.45) is 5.92 Å². The first-order chi connectivity index (χ1) is 9.88. The van der Waals surface area contributed by atoms with Crippen LogP contribution in [0, 0.1) is 24.5 Å². The van der Waals surface area contributed by atoms with Crippen molar-refractivity contribution in [2.45, 2.75) is 26.2 Å². The van der Waals surface area contributed by atoms with E-state index in [0.717, 1.165) is 6.07 Å². The summed E-state index contributed by atoms with van der Waals surface area (Å²) in [4.78, 5) is 24.3. The molecular formula is C15H17F2NO3. The van der Waals surface area contributed by atoms with Gasteiger partial charge in [0.15, 0.2) is 0 Å². The Kier molecular flexibility index (Phi) is 4.55. The van der Waals surface area contributed by atoms with Gasteiger partial charge in [-0.3, -0.25) is 9.59 Å². The van der Waals surface area contributed by atoms with E-state index < -0.39 is 23.5 Å². The van der Waals surface area contributed by atoms with Crippen LogP contribution in [0.1, 0.15) is 35.2 Å². The zero-order valence-electron chi connectivity index (χ0n) is 11.7. The summed E-state index contributed by atoms with van der Waals surface area (Å²) in [7, 11) is 0.